The van der Waals surface area contributed by atoms with Crippen molar-refractivity contribution in [1.82, 2.24) is 15.1 Å². The monoisotopic (exact) mass is 370 g/mol. The van der Waals surface area contributed by atoms with Crippen molar-refractivity contribution >= 4 is 22.9 Å². The molecule has 1 N–H and O–H groups in total. The smallest absolute Gasteiger partial charge is 0.257 e. The van der Waals surface area contributed by atoms with Crippen LogP contribution in [-0.2, 0) is 11.2 Å². The molecule has 0 radical (unpaired) electrons. The fourth-order valence-electron chi connectivity index (χ4n) is 2.60. The minimum absolute atomic E-state index is 0.0711. The maximum Gasteiger partial charge on any atom is 0.257 e. The molecule has 3 rings (SSSR count). The Kier molecular flexibility index (Phi) is 5.80. The van der Waals surface area contributed by atoms with E-state index in [1.165, 1.54) is 0 Å². The molecular formula is C19H22N4O2S. The molecule has 3 aromatic rings. The van der Waals surface area contributed by atoms with E-state index in [1.54, 1.807) is 11.3 Å². The van der Waals surface area contributed by atoms with E-state index in [1.807, 2.05) is 60.6 Å². The van der Waals surface area contributed by atoms with E-state index in [-0.39, 0.29) is 18.5 Å². The second-order valence-electron chi connectivity index (χ2n) is 6.07. The Morgan fingerprint density at radius 1 is 1.27 bits per heavy atom. The van der Waals surface area contributed by atoms with E-state index >= 15 is 0 Å². The van der Waals surface area contributed by atoms with E-state index in [4.69, 9.17) is 4.42 Å². The van der Waals surface area contributed by atoms with Crippen LogP contribution in [0.25, 0.3) is 10.8 Å². The number of anilines is 1. The summed E-state index contributed by atoms with van der Waals surface area (Å²) in [6.07, 6.45) is 0.871. The summed E-state index contributed by atoms with van der Waals surface area (Å²) < 4.78 is 5.76. The van der Waals surface area contributed by atoms with Crippen LogP contribution < -0.4 is 5.32 Å². The van der Waals surface area contributed by atoms with Crippen LogP contribution in [-0.4, -0.2) is 34.6 Å². The van der Waals surface area contributed by atoms with Gasteiger partial charge in [0.25, 0.3) is 5.89 Å². The highest BCUT2D eigenvalue weighted by molar-refractivity contribution is 7.13. The van der Waals surface area contributed by atoms with E-state index in [0.29, 0.717) is 11.8 Å². The van der Waals surface area contributed by atoms with E-state index in [0.717, 1.165) is 22.5 Å². The van der Waals surface area contributed by atoms with Crippen molar-refractivity contribution in [3.8, 4) is 10.8 Å². The number of para-hydroxylation sites is 1. The number of likely N-dealkylation sites (N-methyl/N-ethyl adjacent to an activating group) is 1. The molecule has 6 nitrogen and oxygen atoms in total. The van der Waals surface area contributed by atoms with Crippen molar-refractivity contribution in [1.29, 1.82) is 0 Å². The quantitative estimate of drug-likeness (QED) is 0.681. The fraction of sp³-hybridized carbons (Fsp3) is 0.316. The summed E-state index contributed by atoms with van der Waals surface area (Å²) >= 11 is 1.55. The molecule has 7 heteroatoms. The van der Waals surface area contributed by atoms with Crippen molar-refractivity contribution in [2.75, 3.05) is 18.9 Å². The van der Waals surface area contributed by atoms with Gasteiger partial charge in [-0.3, -0.25) is 9.69 Å². The normalized spacial score (nSPS) is 12.3. The molecule has 0 spiro atoms. The number of hydrogen-bond acceptors (Lipinski definition) is 6. The lowest BCUT2D eigenvalue weighted by Gasteiger charge is -2.21. The summed E-state index contributed by atoms with van der Waals surface area (Å²) in [5, 5.41) is 13.2. The maximum absolute atomic E-state index is 12.4. The molecule has 0 aliphatic carbocycles. The molecule has 2 heterocycles. The van der Waals surface area contributed by atoms with Gasteiger partial charge in [-0.15, -0.1) is 21.5 Å². The van der Waals surface area contributed by atoms with Crippen molar-refractivity contribution in [2.45, 2.75) is 26.3 Å². The molecule has 26 heavy (non-hydrogen) atoms. The lowest BCUT2D eigenvalue weighted by Crippen LogP contribution is -2.32. The van der Waals surface area contributed by atoms with Crippen molar-refractivity contribution in [3.05, 3.63) is 53.2 Å². The Morgan fingerprint density at radius 3 is 2.81 bits per heavy atom. The van der Waals surface area contributed by atoms with Gasteiger partial charge >= 0.3 is 0 Å². The van der Waals surface area contributed by atoms with Gasteiger partial charge in [0.05, 0.1) is 17.5 Å². The number of benzene rings is 1. The number of nitrogens with one attached hydrogen (secondary N) is 1. The molecule has 136 valence electrons. The zero-order valence-electron chi connectivity index (χ0n) is 15.1. The van der Waals surface area contributed by atoms with Crippen LogP contribution >= 0.6 is 11.3 Å². The van der Waals surface area contributed by atoms with Crippen LogP contribution in [0.4, 0.5) is 5.69 Å². The first-order valence-corrected chi connectivity index (χ1v) is 9.41. The van der Waals surface area contributed by atoms with E-state index < -0.39 is 0 Å². The summed E-state index contributed by atoms with van der Waals surface area (Å²) in [4.78, 5) is 15.2. The Morgan fingerprint density at radius 2 is 2.08 bits per heavy atom. The zero-order chi connectivity index (χ0) is 18.5. The molecule has 0 fully saturated rings. The first kappa shape index (κ1) is 18.3. The summed E-state index contributed by atoms with van der Waals surface area (Å²) in [6.45, 7) is 4.24. The Hall–Kier alpha value is -2.51. The number of aromatic nitrogens is 2. The molecule has 1 amide bonds. The predicted octanol–water partition coefficient (Wildman–Crippen LogP) is 3.99. The molecule has 0 unspecified atom stereocenters. The average molecular weight is 370 g/mol. The standard InChI is InChI=1S/C19H22N4O2S/c1-4-14-8-5-6-9-15(14)20-17(24)12-23(3)13(2)18-21-22-19(25-18)16-10-7-11-26-16/h5-11,13H,4,12H2,1-3H3,(H,20,24)/t13-/m0/s1. The highest BCUT2D eigenvalue weighted by Crippen LogP contribution is 2.26. The summed E-state index contributed by atoms with van der Waals surface area (Å²) in [7, 11) is 1.87. The van der Waals surface area contributed by atoms with Gasteiger partial charge in [0.2, 0.25) is 11.8 Å². The molecule has 0 aliphatic heterocycles. The molecular weight excluding hydrogens is 348 g/mol. The van der Waals surface area contributed by atoms with Crippen LogP contribution in [0.1, 0.15) is 31.3 Å². The molecule has 1 atom stereocenters. The molecule has 2 aromatic heterocycles. The van der Waals surface area contributed by atoms with E-state index in [9.17, 15) is 4.79 Å². The van der Waals surface area contributed by atoms with Crippen LogP contribution in [0.5, 0.6) is 0 Å². The number of amides is 1. The van der Waals surface area contributed by atoms with Gasteiger partial charge in [-0.2, -0.15) is 0 Å². The summed E-state index contributed by atoms with van der Waals surface area (Å²) in [5.41, 5.74) is 1.98. The minimum atomic E-state index is -0.164. The highest BCUT2D eigenvalue weighted by atomic mass is 32.1. The number of rotatable bonds is 7. The molecule has 0 saturated carbocycles. The Bertz CT molecular complexity index is 860. The lowest BCUT2D eigenvalue weighted by atomic mass is 10.1. The van der Waals surface area contributed by atoms with Crippen LogP contribution in [0.2, 0.25) is 0 Å². The third kappa shape index (κ3) is 4.17. The second kappa shape index (κ2) is 8.25. The average Bonchev–Trinajstić information content (AvgIpc) is 3.32. The van der Waals surface area contributed by atoms with Gasteiger partial charge in [-0.25, -0.2) is 0 Å². The number of carbonyl (C=O) groups excluding carboxylic acids is 1. The SMILES string of the molecule is CCc1ccccc1NC(=O)CN(C)[C@@H](C)c1nnc(-c2cccs2)o1. The first-order valence-electron chi connectivity index (χ1n) is 8.53. The third-order valence-electron chi connectivity index (χ3n) is 4.26. The van der Waals surface area contributed by atoms with Gasteiger partial charge in [-0.05, 0) is 43.5 Å². The highest BCUT2D eigenvalue weighted by Gasteiger charge is 2.21. The predicted molar refractivity (Wildman–Crippen MR) is 103 cm³/mol. The van der Waals surface area contributed by atoms with Gasteiger partial charge < -0.3 is 9.73 Å². The lowest BCUT2D eigenvalue weighted by molar-refractivity contribution is -0.117. The van der Waals surface area contributed by atoms with Gasteiger partial charge in [0.15, 0.2) is 0 Å². The third-order valence-corrected chi connectivity index (χ3v) is 5.11. The number of nitrogens with zero attached hydrogens (tertiary/aromatic N) is 3. The molecule has 0 aliphatic rings. The number of hydrogen-bond donors (Lipinski definition) is 1. The number of carbonyl (C=O) groups is 1. The van der Waals surface area contributed by atoms with Gasteiger partial charge in [-0.1, -0.05) is 31.2 Å². The fourth-order valence-corrected chi connectivity index (χ4v) is 3.24. The van der Waals surface area contributed by atoms with Crippen molar-refractivity contribution in [3.63, 3.8) is 0 Å². The zero-order valence-corrected chi connectivity index (χ0v) is 15.9. The van der Waals surface area contributed by atoms with Crippen molar-refractivity contribution in [2.24, 2.45) is 0 Å². The molecule has 0 saturated heterocycles. The van der Waals surface area contributed by atoms with Crippen molar-refractivity contribution < 1.29 is 9.21 Å². The van der Waals surface area contributed by atoms with Gasteiger partial charge in [0, 0.05) is 5.69 Å². The first-order chi connectivity index (χ1) is 12.6. The van der Waals surface area contributed by atoms with Crippen LogP contribution in [0.3, 0.4) is 0 Å². The minimum Gasteiger partial charge on any atom is -0.418 e. The number of thiophene rings is 1. The van der Waals surface area contributed by atoms with Crippen LogP contribution in [0, 0.1) is 0 Å². The largest absolute Gasteiger partial charge is 0.418 e. The maximum atomic E-state index is 12.4. The Labute approximate surface area is 156 Å². The van der Waals surface area contributed by atoms with Crippen LogP contribution in [0.15, 0.2) is 46.2 Å². The second-order valence-corrected chi connectivity index (χ2v) is 7.02. The molecule has 0 bridgehead atoms. The van der Waals surface area contributed by atoms with Gasteiger partial charge in [0.1, 0.15) is 0 Å². The summed E-state index contributed by atoms with van der Waals surface area (Å²) in [5.74, 6) is 0.937. The summed E-state index contributed by atoms with van der Waals surface area (Å²) in [6, 6.07) is 11.6. The Balaban J connectivity index is 1.62. The van der Waals surface area contributed by atoms with E-state index in [2.05, 4.69) is 22.4 Å². The topological polar surface area (TPSA) is 71.3 Å². The number of aryl methyl sites for hydroxylation is 1. The molecule has 1 aromatic carbocycles.